The molecular formula is C17H18N6O2S. The molecule has 0 spiro atoms. The molecule has 0 aliphatic heterocycles. The molecule has 0 aliphatic rings. The number of nitrogens with one attached hydrogen (secondary N) is 2. The van der Waals surface area contributed by atoms with Crippen molar-refractivity contribution in [3.8, 4) is 6.07 Å². The first-order valence-corrected chi connectivity index (χ1v) is 8.84. The van der Waals surface area contributed by atoms with Crippen molar-refractivity contribution < 1.29 is 4.79 Å². The molecule has 0 aliphatic carbocycles. The second kappa shape index (κ2) is 6.38. The fourth-order valence-electron chi connectivity index (χ4n) is 2.44. The van der Waals surface area contributed by atoms with Crippen molar-refractivity contribution in [2.45, 2.75) is 39.5 Å². The monoisotopic (exact) mass is 370 g/mol. The highest BCUT2D eigenvalue weighted by Gasteiger charge is 2.20. The van der Waals surface area contributed by atoms with Crippen LogP contribution in [0.1, 0.15) is 43.3 Å². The van der Waals surface area contributed by atoms with Crippen LogP contribution in [0.15, 0.2) is 16.4 Å². The summed E-state index contributed by atoms with van der Waals surface area (Å²) in [5, 5.41) is 16.9. The molecule has 0 unspecified atom stereocenters. The summed E-state index contributed by atoms with van der Waals surface area (Å²) < 4.78 is 1.18. The Labute approximate surface area is 153 Å². The molecule has 2 N–H and O–H groups in total. The number of thiazole rings is 1. The first kappa shape index (κ1) is 17.8. The van der Waals surface area contributed by atoms with E-state index in [4.69, 9.17) is 5.26 Å². The molecule has 0 radical (unpaired) electrons. The van der Waals surface area contributed by atoms with Crippen LogP contribution < -0.4 is 10.9 Å². The van der Waals surface area contributed by atoms with Crippen LogP contribution in [0.4, 0.5) is 5.13 Å². The van der Waals surface area contributed by atoms with E-state index in [0.717, 1.165) is 5.69 Å². The lowest BCUT2D eigenvalue weighted by molar-refractivity contribution is -0.115. The maximum Gasteiger partial charge on any atom is 0.276 e. The third-order valence-electron chi connectivity index (χ3n) is 3.94. The molecule has 3 heterocycles. The molecule has 0 fully saturated rings. The molecule has 3 rings (SSSR count). The van der Waals surface area contributed by atoms with E-state index in [1.807, 2.05) is 32.2 Å². The molecule has 134 valence electrons. The number of fused-ring (bicyclic) bond motifs is 1. The minimum absolute atomic E-state index is 0.101. The lowest BCUT2D eigenvalue weighted by Crippen LogP contribution is -2.26. The summed E-state index contributed by atoms with van der Waals surface area (Å²) in [5.41, 5.74) is 1.64. The Bertz CT molecular complexity index is 1090. The number of aromatic amines is 1. The molecule has 1 amide bonds. The van der Waals surface area contributed by atoms with Gasteiger partial charge in [0.15, 0.2) is 10.8 Å². The highest BCUT2D eigenvalue weighted by Crippen LogP contribution is 2.26. The molecule has 0 atom stereocenters. The Hall–Kier alpha value is -2.99. The molecule has 3 aromatic heterocycles. The van der Waals surface area contributed by atoms with Gasteiger partial charge in [-0.05, 0) is 6.92 Å². The maximum absolute atomic E-state index is 12.6. The minimum Gasteiger partial charge on any atom is -0.302 e. The number of rotatable bonds is 3. The zero-order chi connectivity index (χ0) is 19.1. The van der Waals surface area contributed by atoms with Crippen molar-refractivity contribution in [1.29, 1.82) is 5.26 Å². The molecule has 26 heavy (non-hydrogen) atoms. The molecule has 0 aromatic carbocycles. The van der Waals surface area contributed by atoms with Crippen molar-refractivity contribution in [3.63, 3.8) is 0 Å². The van der Waals surface area contributed by atoms with Crippen LogP contribution in [0.2, 0.25) is 0 Å². The summed E-state index contributed by atoms with van der Waals surface area (Å²) in [6.45, 7) is 7.79. The number of H-pyrrole nitrogens is 1. The van der Waals surface area contributed by atoms with Gasteiger partial charge in [0.05, 0.1) is 12.1 Å². The molecule has 0 saturated heterocycles. The molecule has 0 saturated carbocycles. The van der Waals surface area contributed by atoms with Gasteiger partial charge in [-0.2, -0.15) is 5.26 Å². The number of nitrogens with zero attached hydrogens (tertiary/aromatic N) is 4. The Balaban J connectivity index is 1.85. The van der Waals surface area contributed by atoms with Gasteiger partial charge in [-0.15, -0.1) is 11.3 Å². The zero-order valence-electron chi connectivity index (χ0n) is 14.9. The summed E-state index contributed by atoms with van der Waals surface area (Å²) >= 11 is 1.35. The summed E-state index contributed by atoms with van der Waals surface area (Å²) in [7, 11) is 0. The van der Waals surface area contributed by atoms with Gasteiger partial charge in [0.1, 0.15) is 11.6 Å². The van der Waals surface area contributed by atoms with Crippen LogP contribution >= 0.6 is 11.3 Å². The first-order chi connectivity index (χ1) is 12.2. The molecule has 3 aromatic rings. The average molecular weight is 370 g/mol. The van der Waals surface area contributed by atoms with E-state index in [1.54, 1.807) is 6.92 Å². The lowest BCUT2D eigenvalue weighted by atomic mass is 9.93. The highest BCUT2D eigenvalue weighted by atomic mass is 32.1. The quantitative estimate of drug-likeness (QED) is 0.733. The summed E-state index contributed by atoms with van der Waals surface area (Å²) in [4.78, 5) is 33.6. The van der Waals surface area contributed by atoms with Crippen LogP contribution in [0.25, 0.3) is 5.65 Å². The highest BCUT2D eigenvalue weighted by molar-refractivity contribution is 7.13. The van der Waals surface area contributed by atoms with E-state index in [9.17, 15) is 9.59 Å². The number of carbonyl (C=O) groups excluding carboxylic acids is 1. The largest absolute Gasteiger partial charge is 0.302 e. The van der Waals surface area contributed by atoms with E-state index in [0.29, 0.717) is 10.8 Å². The number of carbonyl (C=O) groups is 1. The van der Waals surface area contributed by atoms with Crippen molar-refractivity contribution in [2.75, 3.05) is 5.32 Å². The predicted octanol–water partition coefficient (Wildman–Crippen LogP) is 2.14. The summed E-state index contributed by atoms with van der Waals surface area (Å²) in [6, 6.07) is 1.97. The van der Waals surface area contributed by atoms with Gasteiger partial charge in [-0.25, -0.2) is 14.5 Å². The van der Waals surface area contributed by atoms with Gasteiger partial charge >= 0.3 is 0 Å². The summed E-state index contributed by atoms with van der Waals surface area (Å²) in [6.07, 6.45) is 1.29. The third-order valence-corrected chi connectivity index (χ3v) is 4.70. The number of hydrogen-bond donors (Lipinski definition) is 2. The number of aromatic nitrogens is 4. The smallest absolute Gasteiger partial charge is 0.276 e. The SMILES string of the molecule is Cc1nc2c(C#N)c[nH]n2c(=O)c1CC(=O)Nc1nc(C(C)(C)C)cs1. The number of aryl methyl sites for hydroxylation is 1. The topological polar surface area (TPSA) is 116 Å². The molecule has 9 heteroatoms. The van der Waals surface area contributed by atoms with Gasteiger partial charge in [-0.1, -0.05) is 20.8 Å². The van der Waals surface area contributed by atoms with Gasteiger partial charge in [0, 0.05) is 28.2 Å². The number of amides is 1. The fraction of sp³-hybridized carbons (Fsp3) is 0.353. The molecular weight excluding hydrogens is 352 g/mol. The van der Waals surface area contributed by atoms with Gasteiger partial charge in [0.2, 0.25) is 5.91 Å². The van der Waals surface area contributed by atoms with E-state index in [-0.39, 0.29) is 34.5 Å². The third kappa shape index (κ3) is 3.23. The van der Waals surface area contributed by atoms with E-state index >= 15 is 0 Å². The van der Waals surface area contributed by atoms with Crippen molar-refractivity contribution in [2.24, 2.45) is 0 Å². The lowest BCUT2D eigenvalue weighted by Gasteiger charge is -2.14. The van der Waals surface area contributed by atoms with Gasteiger partial charge in [0.25, 0.3) is 5.56 Å². The van der Waals surface area contributed by atoms with Crippen LogP contribution in [0.5, 0.6) is 0 Å². The molecule has 0 bridgehead atoms. The van der Waals surface area contributed by atoms with E-state index in [2.05, 4.69) is 20.4 Å². The zero-order valence-corrected chi connectivity index (χ0v) is 15.7. The Morgan fingerprint density at radius 2 is 2.15 bits per heavy atom. The predicted molar refractivity (Wildman–Crippen MR) is 98.4 cm³/mol. The Morgan fingerprint density at radius 3 is 2.77 bits per heavy atom. The van der Waals surface area contributed by atoms with Crippen LogP contribution in [0.3, 0.4) is 0 Å². The Morgan fingerprint density at radius 1 is 1.42 bits per heavy atom. The normalized spacial score (nSPS) is 11.5. The fourth-order valence-corrected chi connectivity index (χ4v) is 3.40. The van der Waals surface area contributed by atoms with E-state index in [1.165, 1.54) is 22.0 Å². The average Bonchev–Trinajstić information content (AvgIpc) is 3.17. The van der Waals surface area contributed by atoms with Crippen molar-refractivity contribution in [1.82, 2.24) is 19.6 Å². The maximum atomic E-state index is 12.6. The van der Waals surface area contributed by atoms with Crippen LogP contribution in [-0.4, -0.2) is 25.5 Å². The second-order valence-electron chi connectivity index (χ2n) is 6.95. The second-order valence-corrected chi connectivity index (χ2v) is 7.81. The van der Waals surface area contributed by atoms with Crippen molar-refractivity contribution in [3.05, 3.63) is 44.4 Å². The van der Waals surface area contributed by atoms with E-state index < -0.39 is 5.56 Å². The minimum atomic E-state index is -0.390. The number of nitriles is 1. The first-order valence-electron chi connectivity index (χ1n) is 7.96. The number of anilines is 1. The standard InChI is InChI=1S/C17H18N6O2S/c1-9-11(15(25)23-14(20-9)10(6-18)7-19-23)5-13(24)22-16-21-12(8-26-16)17(2,3)4/h7-8,19H,5H2,1-4H3,(H,21,22,24). The summed E-state index contributed by atoms with van der Waals surface area (Å²) in [5.74, 6) is -0.339. The van der Waals surface area contributed by atoms with Crippen LogP contribution in [0, 0.1) is 18.3 Å². The number of hydrogen-bond acceptors (Lipinski definition) is 6. The van der Waals surface area contributed by atoms with Gasteiger partial charge in [-0.3, -0.25) is 14.7 Å². The Kier molecular flexibility index (Phi) is 4.38. The van der Waals surface area contributed by atoms with Crippen LogP contribution in [-0.2, 0) is 16.6 Å². The molecule has 8 nitrogen and oxygen atoms in total. The van der Waals surface area contributed by atoms with Crippen molar-refractivity contribution >= 4 is 28.0 Å². The van der Waals surface area contributed by atoms with Gasteiger partial charge < -0.3 is 5.32 Å².